The van der Waals surface area contributed by atoms with Gasteiger partial charge in [0.25, 0.3) is 0 Å². The number of allylic oxidation sites excluding steroid dienone is 2. The van der Waals surface area contributed by atoms with Gasteiger partial charge in [-0.15, -0.1) is 18.2 Å². The van der Waals surface area contributed by atoms with Gasteiger partial charge in [0.2, 0.25) is 5.91 Å². The van der Waals surface area contributed by atoms with Crippen LogP contribution in [-0.4, -0.2) is 33.9 Å². The van der Waals surface area contributed by atoms with Crippen LogP contribution in [0.1, 0.15) is 18.1 Å². The second-order valence-electron chi connectivity index (χ2n) is 5.39. The summed E-state index contributed by atoms with van der Waals surface area (Å²) in [5.74, 6) is -0.867. The molecule has 1 unspecified atom stereocenters. The monoisotopic (exact) mass is 335 g/mol. The summed E-state index contributed by atoms with van der Waals surface area (Å²) in [7, 11) is 0. The number of halogens is 2. The number of aliphatic hydroxyl groups excluding tert-OH is 1. The van der Waals surface area contributed by atoms with Crippen LogP contribution in [0.15, 0.2) is 61.2 Å². The molecular formula is C18H19ClFNO2. The Bertz CT molecular complexity index is 626. The molecule has 0 spiro atoms. The van der Waals surface area contributed by atoms with Crippen LogP contribution in [0.4, 0.5) is 4.39 Å². The molecule has 0 saturated heterocycles. The lowest BCUT2D eigenvalue weighted by Crippen LogP contribution is -2.51. The summed E-state index contributed by atoms with van der Waals surface area (Å²) < 4.78 is 13.0. The van der Waals surface area contributed by atoms with E-state index in [9.17, 15) is 14.3 Å². The van der Waals surface area contributed by atoms with E-state index < -0.39 is 11.6 Å². The van der Waals surface area contributed by atoms with Gasteiger partial charge in [-0.05, 0) is 24.1 Å². The van der Waals surface area contributed by atoms with Crippen LogP contribution >= 0.6 is 11.6 Å². The smallest absolute Gasteiger partial charge is 0.238 e. The van der Waals surface area contributed by atoms with E-state index in [-0.39, 0.29) is 24.1 Å². The molecule has 0 saturated carbocycles. The molecule has 0 radical (unpaired) electrons. The molecule has 2 rings (SSSR count). The lowest BCUT2D eigenvalue weighted by atomic mass is 9.88. The zero-order valence-electron chi connectivity index (χ0n) is 12.7. The van der Waals surface area contributed by atoms with Crippen molar-refractivity contribution >= 4 is 17.5 Å². The van der Waals surface area contributed by atoms with Crippen LogP contribution in [-0.2, 0) is 4.79 Å². The lowest BCUT2D eigenvalue weighted by Gasteiger charge is -2.41. The van der Waals surface area contributed by atoms with Gasteiger partial charge in [0.15, 0.2) is 0 Å². The summed E-state index contributed by atoms with van der Waals surface area (Å²) in [5, 5.41) is 10.4. The number of β-amino-alcohol motifs (C(OH)–C–C–N with tert-alkyl or cyclic N) is 1. The number of hydrogen-bond donors (Lipinski definition) is 1. The first-order chi connectivity index (χ1) is 11.0. The second kappa shape index (κ2) is 7.57. The second-order valence-corrected chi connectivity index (χ2v) is 5.66. The molecule has 3 nitrogen and oxygen atoms in total. The van der Waals surface area contributed by atoms with Crippen molar-refractivity contribution < 1.29 is 14.3 Å². The van der Waals surface area contributed by atoms with Crippen LogP contribution < -0.4 is 0 Å². The molecule has 1 amide bonds. The van der Waals surface area contributed by atoms with Gasteiger partial charge >= 0.3 is 0 Å². The molecule has 23 heavy (non-hydrogen) atoms. The van der Waals surface area contributed by atoms with Gasteiger partial charge in [0, 0.05) is 0 Å². The SMILES string of the molecule is C=C[C@]1(N(CC(O)c2ccc(F)cc2)C(=O)CCl)C=CC=CC1. The minimum Gasteiger partial charge on any atom is -0.387 e. The van der Waals surface area contributed by atoms with Crippen molar-refractivity contribution in [3.05, 3.63) is 72.6 Å². The maximum absolute atomic E-state index is 13.0. The van der Waals surface area contributed by atoms with E-state index in [1.54, 1.807) is 6.08 Å². The first-order valence-electron chi connectivity index (χ1n) is 7.30. The molecule has 122 valence electrons. The quantitative estimate of drug-likeness (QED) is 0.639. The number of hydrogen-bond acceptors (Lipinski definition) is 2. The molecule has 5 heteroatoms. The molecule has 0 heterocycles. The normalized spacial score (nSPS) is 21.0. The third-order valence-corrected chi connectivity index (χ3v) is 4.19. The van der Waals surface area contributed by atoms with Crippen molar-refractivity contribution in [2.24, 2.45) is 0 Å². The minimum atomic E-state index is -0.945. The van der Waals surface area contributed by atoms with Crippen LogP contribution in [0.25, 0.3) is 0 Å². The van der Waals surface area contributed by atoms with E-state index in [1.807, 2.05) is 24.3 Å². The molecule has 1 aliphatic carbocycles. The number of alkyl halides is 1. The first-order valence-corrected chi connectivity index (χ1v) is 7.84. The number of rotatable bonds is 6. The average molecular weight is 336 g/mol. The fraction of sp³-hybridized carbons (Fsp3) is 0.278. The average Bonchev–Trinajstić information content (AvgIpc) is 2.60. The van der Waals surface area contributed by atoms with Crippen molar-refractivity contribution in [2.75, 3.05) is 12.4 Å². The Kier molecular flexibility index (Phi) is 5.74. The Morgan fingerprint density at radius 1 is 1.43 bits per heavy atom. The Labute approximate surface area is 140 Å². The topological polar surface area (TPSA) is 40.5 Å². The largest absolute Gasteiger partial charge is 0.387 e. The molecule has 0 aliphatic heterocycles. The van der Waals surface area contributed by atoms with E-state index in [0.29, 0.717) is 12.0 Å². The predicted molar refractivity (Wildman–Crippen MR) is 89.6 cm³/mol. The highest BCUT2D eigenvalue weighted by atomic mass is 35.5. The number of carbonyl (C=O) groups is 1. The van der Waals surface area contributed by atoms with Crippen LogP contribution in [0.3, 0.4) is 0 Å². The van der Waals surface area contributed by atoms with E-state index in [2.05, 4.69) is 6.58 Å². The molecule has 1 N–H and O–H groups in total. The van der Waals surface area contributed by atoms with E-state index >= 15 is 0 Å². The Morgan fingerprint density at radius 2 is 2.13 bits per heavy atom. The van der Waals surface area contributed by atoms with Crippen LogP contribution in [0, 0.1) is 5.82 Å². The first kappa shape index (κ1) is 17.4. The van der Waals surface area contributed by atoms with Gasteiger partial charge in [0.05, 0.1) is 18.2 Å². The minimum absolute atomic E-state index is 0.0430. The highest BCUT2D eigenvalue weighted by molar-refractivity contribution is 6.27. The summed E-state index contributed by atoms with van der Waals surface area (Å²) in [6, 6.07) is 5.55. The lowest BCUT2D eigenvalue weighted by molar-refractivity contribution is -0.133. The Balaban J connectivity index is 2.27. The summed E-state index contributed by atoms with van der Waals surface area (Å²) >= 11 is 5.74. The zero-order chi connectivity index (χ0) is 16.9. The Morgan fingerprint density at radius 3 is 2.65 bits per heavy atom. The third kappa shape index (κ3) is 3.89. The van der Waals surface area contributed by atoms with Gasteiger partial charge < -0.3 is 10.0 Å². The maximum atomic E-state index is 13.0. The van der Waals surface area contributed by atoms with Crippen molar-refractivity contribution in [2.45, 2.75) is 18.1 Å². The Hall–Kier alpha value is -1.91. The molecule has 0 aromatic heterocycles. The molecule has 1 aromatic carbocycles. The highest BCUT2D eigenvalue weighted by Crippen LogP contribution is 2.29. The standard InChI is InChI=1S/C18H19ClFNO2/c1-2-18(10-4-3-5-11-18)21(17(23)12-19)13-16(22)14-6-8-15(20)9-7-14/h2-10,16,22H,1,11-13H2/t16?,18-/m0/s1. The molecule has 0 fully saturated rings. The summed E-state index contributed by atoms with van der Waals surface area (Å²) in [6.45, 7) is 3.88. The van der Waals surface area contributed by atoms with Crippen molar-refractivity contribution in [1.29, 1.82) is 0 Å². The van der Waals surface area contributed by atoms with Gasteiger partial charge in [-0.2, -0.15) is 0 Å². The van der Waals surface area contributed by atoms with Crippen molar-refractivity contribution in [3.63, 3.8) is 0 Å². The van der Waals surface area contributed by atoms with Crippen molar-refractivity contribution in [3.8, 4) is 0 Å². The fourth-order valence-electron chi connectivity index (χ4n) is 2.63. The third-order valence-electron chi connectivity index (χ3n) is 3.96. The number of benzene rings is 1. The molecule has 1 aromatic rings. The van der Waals surface area contributed by atoms with Crippen LogP contribution in [0.5, 0.6) is 0 Å². The van der Waals surface area contributed by atoms with Crippen molar-refractivity contribution in [1.82, 2.24) is 4.90 Å². The summed E-state index contributed by atoms with van der Waals surface area (Å²) in [5.41, 5.74) is -0.185. The number of aliphatic hydroxyl groups is 1. The molecule has 2 atom stereocenters. The van der Waals surface area contributed by atoms with Gasteiger partial charge in [-0.25, -0.2) is 4.39 Å². The summed E-state index contributed by atoms with van der Waals surface area (Å²) in [6.07, 6.45) is 8.81. The number of carbonyl (C=O) groups excluding carboxylic acids is 1. The molecule has 0 bridgehead atoms. The molecule has 1 aliphatic rings. The maximum Gasteiger partial charge on any atom is 0.238 e. The summed E-state index contributed by atoms with van der Waals surface area (Å²) in [4.78, 5) is 13.8. The molecular weight excluding hydrogens is 317 g/mol. The van der Waals surface area contributed by atoms with E-state index in [0.717, 1.165) is 0 Å². The number of nitrogens with zero attached hydrogens (tertiary/aromatic N) is 1. The predicted octanol–water partition coefficient (Wildman–Crippen LogP) is 3.37. The van der Waals surface area contributed by atoms with Gasteiger partial charge in [0.1, 0.15) is 11.7 Å². The van der Waals surface area contributed by atoms with E-state index in [4.69, 9.17) is 11.6 Å². The fourth-order valence-corrected chi connectivity index (χ4v) is 2.77. The van der Waals surface area contributed by atoms with E-state index in [1.165, 1.54) is 29.2 Å². The van der Waals surface area contributed by atoms with Gasteiger partial charge in [-0.1, -0.05) is 42.5 Å². The van der Waals surface area contributed by atoms with Crippen LogP contribution in [0.2, 0.25) is 0 Å². The number of amides is 1. The van der Waals surface area contributed by atoms with Gasteiger partial charge in [-0.3, -0.25) is 4.79 Å². The zero-order valence-corrected chi connectivity index (χ0v) is 13.4. The highest BCUT2D eigenvalue weighted by Gasteiger charge is 2.35.